The molecule has 1 aromatic carbocycles. The highest BCUT2D eigenvalue weighted by molar-refractivity contribution is 5.90. The maximum Gasteiger partial charge on any atom is 0.269 e. The molecule has 0 atom stereocenters. The van der Waals surface area contributed by atoms with Crippen LogP contribution in [0.2, 0.25) is 0 Å². The molecule has 0 unspecified atom stereocenters. The standard InChI is InChI=1S/C14H10FN5O3/c15-9-3-1-8(2-4-9)14-17-11(19-23-14)7-20-12(21)6-5-10(18-20)13(16)22/h1-6H,7H2,(H2,16,22). The van der Waals surface area contributed by atoms with Crippen LogP contribution in [0.3, 0.4) is 0 Å². The molecule has 23 heavy (non-hydrogen) atoms. The zero-order valence-electron chi connectivity index (χ0n) is 11.6. The normalized spacial score (nSPS) is 10.7. The molecular weight excluding hydrogens is 305 g/mol. The van der Waals surface area contributed by atoms with E-state index in [1.54, 1.807) is 0 Å². The molecule has 8 nitrogen and oxygen atoms in total. The van der Waals surface area contributed by atoms with Crippen molar-refractivity contribution in [1.82, 2.24) is 19.9 Å². The second-order valence-electron chi connectivity index (χ2n) is 4.60. The zero-order chi connectivity index (χ0) is 16.4. The van der Waals surface area contributed by atoms with Gasteiger partial charge in [-0.3, -0.25) is 9.59 Å². The van der Waals surface area contributed by atoms with E-state index in [1.165, 1.54) is 36.4 Å². The number of nitrogens with two attached hydrogens (primary N) is 1. The Bertz CT molecular complexity index is 917. The largest absolute Gasteiger partial charge is 0.364 e. The summed E-state index contributed by atoms with van der Waals surface area (Å²) in [6, 6.07) is 7.92. The number of amides is 1. The summed E-state index contributed by atoms with van der Waals surface area (Å²) in [5.41, 5.74) is 5.17. The quantitative estimate of drug-likeness (QED) is 0.752. The topological polar surface area (TPSA) is 117 Å². The summed E-state index contributed by atoms with van der Waals surface area (Å²) in [5.74, 6) is -0.772. The molecule has 3 rings (SSSR count). The van der Waals surface area contributed by atoms with Crippen molar-refractivity contribution in [3.8, 4) is 11.5 Å². The SMILES string of the molecule is NC(=O)c1ccc(=O)n(Cc2noc(-c3ccc(F)cc3)n2)n1. The van der Waals surface area contributed by atoms with E-state index in [-0.39, 0.29) is 29.8 Å². The first-order valence-electron chi connectivity index (χ1n) is 6.49. The van der Waals surface area contributed by atoms with Crippen molar-refractivity contribution in [1.29, 1.82) is 0 Å². The van der Waals surface area contributed by atoms with Gasteiger partial charge in [-0.1, -0.05) is 5.16 Å². The molecule has 0 saturated heterocycles. The number of rotatable bonds is 4. The average Bonchev–Trinajstić information content (AvgIpc) is 2.98. The predicted octanol–water partition coefficient (Wildman–Crippen LogP) is 0.580. The van der Waals surface area contributed by atoms with Crippen molar-refractivity contribution in [3.63, 3.8) is 0 Å². The number of primary amides is 1. The number of carbonyl (C=O) groups is 1. The maximum atomic E-state index is 12.9. The summed E-state index contributed by atoms with van der Waals surface area (Å²) < 4.78 is 19.0. The Morgan fingerprint density at radius 1 is 1.22 bits per heavy atom. The van der Waals surface area contributed by atoms with Crippen LogP contribution in [0.15, 0.2) is 45.7 Å². The fraction of sp³-hybridized carbons (Fsp3) is 0.0714. The minimum atomic E-state index is -0.751. The molecule has 2 heterocycles. The van der Waals surface area contributed by atoms with Crippen LogP contribution >= 0.6 is 0 Å². The second-order valence-corrected chi connectivity index (χ2v) is 4.60. The van der Waals surface area contributed by atoms with Gasteiger partial charge in [0.1, 0.15) is 18.1 Å². The average molecular weight is 315 g/mol. The smallest absolute Gasteiger partial charge is 0.269 e. The van der Waals surface area contributed by atoms with Crippen molar-refractivity contribution < 1.29 is 13.7 Å². The van der Waals surface area contributed by atoms with Crippen LogP contribution in [-0.2, 0) is 6.54 Å². The number of aromatic nitrogens is 4. The molecule has 0 aliphatic carbocycles. The van der Waals surface area contributed by atoms with E-state index in [0.717, 1.165) is 4.68 Å². The van der Waals surface area contributed by atoms with Gasteiger partial charge >= 0.3 is 0 Å². The fourth-order valence-electron chi connectivity index (χ4n) is 1.86. The Morgan fingerprint density at radius 2 is 1.96 bits per heavy atom. The van der Waals surface area contributed by atoms with Gasteiger partial charge in [0.2, 0.25) is 0 Å². The molecule has 9 heteroatoms. The Balaban J connectivity index is 1.87. The van der Waals surface area contributed by atoms with Crippen molar-refractivity contribution >= 4 is 5.91 Å². The third kappa shape index (κ3) is 3.12. The van der Waals surface area contributed by atoms with Gasteiger partial charge in [0.15, 0.2) is 5.82 Å². The molecule has 3 aromatic rings. The Morgan fingerprint density at radius 3 is 2.65 bits per heavy atom. The first-order valence-corrected chi connectivity index (χ1v) is 6.49. The summed E-state index contributed by atoms with van der Waals surface area (Å²) in [5, 5.41) is 7.55. The molecule has 0 fully saturated rings. The first-order chi connectivity index (χ1) is 11.0. The van der Waals surface area contributed by atoms with Crippen LogP contribution in [0.1, 0.15) is 16.3 Å². The van der Waals surface area contributed by atoms with Gasteiger partial charge in [0.25, 0.3) is 17.4 Å². The molecule has 2 aromatic heterocycles. The molecule has 0 saturated carbocycles. The van der Waals surface area contributed by atoms with Crippen molar-refractivity contribution in [2.45, 2.75) is 6.54 Å². The lowest BCUT2D eigenvalue weighted by Crippen LogP contribution is -2.27. The lowest BCUT2D eigenvalue weighted by atomic mass is 10.2. The molecule has 116 valence electrons. The zero-order valence-corrected chi connectivity index (χ0v) is 11.6. The molecular formula is C14H10FN5O3. The third-order valence-electron chi connectivity index (χ3n) is 2.97. The lowest BCUT2D eigenvalue weighted by molar-refractivity contribution is 0.0993. The van der Waals surface area contributed by atoms with Crippen LogP contribution in [-0.4, -0.2) is 25.8 Å². The molecule has 0 bridgehead atoms. The van der Waals surface area contributed by atoms with Gasteiger partial charge in [0, 0.05) is 11.6 Å². The Labute approximate surface area is 128 Å². The van der Waals surface area contributed by atoms with Crippen LogP contribution in [0.4, 0.5) is 4.39 Å². The summed E-state index contributed by atoms with van der Waals surface area (Å²) in [4.78, 5) is 26.9. The summed E-state index contributed by atoms with van der Waals surface area (Å²) in [6.07, 6.45) is 0. The number of halogens is 1. The van der Waals surface area contributed by atoms with Crippen molar-refractivity contribution in [2.24, 2.45) is 5.73 Å². The van der Waals surface area contributed by atoms with Crippen LogP contribution in [0.25, 0.3) is 11.5 Å². The number of hydrogen-bond acceptors (Lipinski definition) is 6. The van der Waals surface area contributed by atoms with Gasteiger partial charge in [-0.15, -0.1) is 0 Å². The minimum Gasteiger partial charge on any atom is -0.364 e. The van der Waals surface area contributed by atoms with Crippen LogP contribution in [0.5, 0.6) is 0 Å². The van der Waals surface area contributed by atoms with Crippen molar-refractivity contribution in [2.75, 3.05) is 0 Å². The van der Waals surface area contributed by atoms with Gasteiger partial charge < -0.3 is 10.3 Å². The molecule has 1 amide bonds. The molecule has 0 aliphatic rings. The lowest BCUT2D eigenvalue weighted by Gasteiger charge is -2.01. The number of carbonyl (C=O) groups excluding carboxylic acids is 1. The van der Waals surface area contributed by atoms with E-state index in [4.69, 9.17) is 10.3 Å². The third-order valence-corrected chi connectivity index (χ3v) is 2.97. The number of benzene rings is 1. The first kappa shape index (κ1) is 14.6. The Hall–Kier alpha value is -3.36. The van der Waals surface area contributed by atoms with E-state index < -0.39 is 11.5 Å². The van der Waals surface area contributed by atoms with E-state index in [9.17, 15) is 14.0 Å². The van der Waals surface area contributed by atoms with Crippen LogP contribution < -0.4 is 11.3 Å². The molecule has 2 N–H and O–H groups in total. The number of nitrogens with zero attached hydrogens (tertiary/aromatic N) is 4. The number of hydrogen-bond donors (Lipinski definition) is 1. The summed E-state index contributed by atoms with van der Waals surface area (Å²) in [7, 11) is 0. The summed E-state index contributed by atoms with van der Waals surface area (Å²) in [6.45, 7) is -0.0926. The van der Waals surface area contributed by atoms with Crippen molar-refractivity contribution in [3.05, 3.63) is 64.1 Å². The van der Waals surface area contributed by atoms with E-state index >= 15 is 0 Å². The molecule has 0 radical (unpaired) electrons. The maximum absolute atomic E-state index is 12.9. The minimum absolute atomic E-state index is 0.0492. The second kappa shape index (κ2) is 5.79. The van der Waals surface area contributed by atoms with Gasteiger partial charge in [-0.25, -0.2) is 9.07 Å². The summed E-state index contributed by atoms with van der Waals surface area (Å²) >= 11 is 0. The predicted molar refractivity (Wildman–Crippen MR) is 75.8 cm³/mol. The fourth-order valence-corrected chi connectivity index (χ4v) is 1.86. The van der Waals surface area contributed by atoms with Gasteiger partial charge in [0.05, 0.1) is 0 Å². The van der Waals surface area contributed by atoms with Crippen LogP contribution in [0, 0.1) is 5.82 Å². The van der Waals surface area contributed by atoms with E-state index in [2.05, 4.69) is 15.2 Å². The van der Waals surface area contributed by atoms with Gasteiger partial charge in [-0.2, -0.15) is 10.1 Å². The van der Waals surface area contributed by atoms with E-state index in [0.29, 0.717) is 5.56 Å². The highest BCUT2D eigenvalue weighted by atomic mass is 19.1. The van der Waals surface area contributed by atoms with E-state index in [1.807, 2.05) is 0 Å². The monoisotopic (exact) mass is 315 g/mol. The Kier molecular flexibility index (Phi) is 3.67. The highest BCUT2D eigenvalue weighted by Gasteiger charge is 2.12. The molecule has 0 aliphatic heterocycles. The van der Waals surface area contributed by atoms with Gasteiger partial charge in [-0.05, 0) is 30.3 Å². The highest BCUT2D eigenvalue weighted by Crippen LogP contribution is 2.17. The molecule has 0 spiro atoms.